The largest absolute Gasteiger partial charge is 0.368 e. The van der Waals surface area contributed by atoms with Crippen molar-refractivity contribution in [2.75, 3.05) is 6.54 Å². The first-order chi connectivity index (χ1) is 7.59. The van der Waals surface area contributed by atoms with Crippen LogP contribution in [0, 0.1) is 0 Å². The molecule has 0 radical (unpaired) electrons. The van der Waals surface area contributed by atoms with Gasteiger partial charge in [0.1, 0.15) is 0 Å². The van der Waals surface area contributed by atoms with Crippen LogP contribution in [-0.2, 0) is 11.3 Å². The van der Waals surface area contributed by atoms with Crippen molar-refractivity contribution in [2.45, 2.75) is 32.4 Å². The van der Waals surface area contributed by atoms with Crippen molar-refractivity contribution < 1.29 is 4.79 Å². The highest BCUT2D eigenvalue weighted by Crippen LogP contribution is 2.28. The molecule has 0 spiro atoms. The van der Waals surface area contributed by atoms with E-state index in [0.717, 1.165) is 13.1 Å². The summed E-state index contributed by atoms with van der Waals surface area (Å²) in [5.41, 5.74) is 8.06. The van der Waals surface area contributed by atoms with Crippen LogP contribution in [0.3, 0.4) is 0 Å². The molecule has 86 valence electrons. The van der Waals surface area contributed by atoms with Gasteiger partial charge in [-0.2, -0.15) is 0 Å². The van der Waals surface area contributed by atoms with Gasteiger partial charge < -0.3 is 5.73 Å². The van der Waals surface area contributed by atoms with Gasteiger partial charge in [-0.3, -0.25) is 9.69 Å². The second-order valence-electron chi connectivity index (χ2n) is 4.61. The Labute approximate surface area is 96.2 Å². The SMILES string of the molecule is CC1CN(C(C)C(N)=O)Cc2ccccc21. The molecular formula is C13H18N2O. The molecule has 16 heavy (non-hydrogen) atoms. The Balaban J connectivity index is 2.24. The van der Waals surface area contributed by atoms with Crippen molar-refractivity contribution in [1.82, 2.24) is 4.90 Å². The zero-order valence-electron chi connectivity index (χ0n) is 9.81. The smallest absolute Gasteiger partial charge is 0.234 e. The minimum atomic E-state index is -0.244. The molecule has 0 saturated carbocycles. The van der Waals surface area contributed by atoms with E-state index in [0.29, 0.717) is 5.92 Å². The molecule has 2 N–H and O–H groups in total. The molecule has 1 aliphatic heterocycles. The number of fused-ring (bicyclic) bond motifs is 1. The quantitative estimate of drug-likeness (QED) is 0.817. The van der Waals surface area contributed by atoms with Gasteiger partial charge in [-0.05, 0) is 24.0 Å². The lowest BCUT2D eigenvalue weighted by molar-refractivity contribution is -0.123. The van der Waals surface area contributed by atoms with Crippen molar-refractivity contribution in [3.8, 4) is 0 Å². The monoisotopic (exact) mass is 218 g/mol. The van der Waals surface area contributed by atoms with Crippen LogP contribution in [0.2, 0.25) is 0 Å². The van der Waals surface area contributed by atoms with Crippen molar-refractivity contribution >= 4 is 5.91 Å². The van der Waals surface area contributed by atoms with Crippen LogP contribution in [-0.4, -0.2) is 23.4 Å². The molecule has 1 aromatic carbocycles. The minimum Gasteiger partial charge on any atom is -0.368 e. The fraction of sp³-hybridized carbons (Fsp3) is 0.462. The van der Waals surface area contributed by atoms with E-state index in [1.165, 1.54) is 11.1 Å². The number of hydrogen-bond acceptors (Lipinski definition) is 2. The summed E-state index contributed by atoms with van der Waals surface area (Å²) in [6.45, 7) is 5.80. The summed E-state index contributed by atoms with van der Waals surface area (Å²) in [5.74, 6) is 0.221. The number of nitrogens with two attached hydrogens (primary N) is 1. The number of hydrogen-bond donors (Lipinski definition) is 1. The molecule has 0 aliphatic carbocycles. The van der Waals surface area contributed by atoms with E-state index in [1.54, 1.807) is 0 Å². The molecule has 2 unspecified atom stereocenters. The van der Waals surface area contributed by atoms with E-state index >= 15 is 0 Å². The summed E-state index contributed by atoms with van der Waals surface area (Å²) in [6.07, 6.45) is 0. The highest BCUT2D eigenvalue weighted by molar-refractivity contribution is 5.79. The van der Waals surface area contributed by atoms with Gasteiger partial charge in [-0.25, -0.2) is 0 Å². The lowest BCUT2D eigenvalue weighted by atomic mass is 9.90. The Morgan fingerprint density at radius 2 is 2.19 bits per heavy atom. The van der Waals surface area contributed by atoms with Crippen LogP contribution >= 0.6 is 0 Å². The normalized spacial score (nSPS) is 22.5. The first kappa shape index (κ1) is 11.1. The maximum atomic E-state index is 11.2. The highest BCUT2D eigenvalue weighted by Gasteiger charge is 2.27. The number of primary amides is 1. The van der Waals surface area contributed by atoms with E-state index in [9.17, 15) is 4.79 Å². The third-order valence-corrected chi connectivity index (χ3v) is 3.43. The topological polar surface area (TPSA) is 46.3 Å². The molecule has 2 rings (SSSR count). The predicted molar refractivity (Wildman–Crippen MR) is 63.9 cm³/mol. The Hall–Kier alpha value is -1.35. The molecule has 1 aliphatic rings. The lowest BCUT2D eigenvalue weighted by Crippen LogP contribution is -2.45. The molecule has 0 fully saturated rings. The average molecular weight is 218 g/mol. The van der Waals surface area contributed by atoms with Crippen molar-refractivity contribution in [1.29, 1.82) is 0 Å². The molecule has 1 heterocycles. The van der Waals surface area contributed by atoms with Gasteiger partial charge in [-0.15, -0.1) is 0 Å². The summed E-state index contributed by atoms with van der Waals surface area (Å²) in [6, 6.07) is 8.24. The van der Waals surface area contributed by atoms with Crippen LogP contribution in [0.5, 0.6) is 0 Å². The zero-order chi connectivity index (χ0) is 11.7. The molecule has 2 atom stereocenters. The van der Waals surface area contributed by atoms with Crippen LogP contribution in [0.25, 0.3) is 0 Å². The predicted octanol–water partition coefficient (Wildman–Crippen LogP) is 1.48. The third-order valence-electron chi connectivity index (χ3n) is 3.43. The number of amides is 1. The highest BCUT2D eigenvalue weighted by atomic mass is 16.1. The summed E-state index contributed by atoms with van der Waals surface area (Å²) < 4.78 is 0. The Bertz CT molecular complexity index is 403. The maximum absolute atomic E-state index is 11.2. The van der Waals surface area contributed by atoms with Crippen LogP contribution < -0.4 is 5.73 Å². The van der Waals surface area contributed by atoms with E-state index in [2.05, 4.69) is 30.0 Å². The molecule has 1 aromatic rings. The number of rotatable bonds is 2. The fourth-order valence-corrected chi connectivity index (χ4v) is 2.37. The molecule has 3 nitrogen and oxygen atoms in total. The Kier molecular flexibility index (Phi) is 2.97. The van der Waals surface area contributed by atoms with Crippen LogP contribution in [0.15, 0.2) is 24.3 Å². The van der Waals surface area contributed by atoms with Crippen LogP contribution in [0.1, 0.15) is 30.9 Å². The summed E-state index contributed by atoms with van der Waals surface area (Å²) >= 11 is 0. The number of carbonyl (C=O) groups is 1. The minimum absolute atomic E-state index is 0.184. The second kappa shape index (κ2) is 4.26. The number of benzene rings is 1. The van der Waals surface area contributed by atoms with Gasteiger partial charge in [0.15, 0.2) is 0 Å². The molecule has 3 heteroatoms. The van der Waals surface area contributed by atoms with Gasteiger partial charge in [-0.1, -0.05) is 31.2 Å². The maximum Gasteiger partial charge on any atom is 0.234 e. The standard InChI is InChI=1S/C13H18N2O/c1-9-7-15(10(2)13(14)16)8-11-5-3-4-6-12(9)11/h3-6,9-10H,7-8H2,1-2H3,(H2,14,16). The van der Waals surface area contributed by atoms with Gasteiger partial charge in [0.2, 0.25) is 5.91 Å². The average Bonchev–Trinajstić information content (AvgIpc) is 2.28. The van der Waals surface area contributed by atoms with E-state index in [4.69, 9.17) is 5.73 Å². The fourth-order valence-electron chi connectivity index (χ4n) is 2.37. The van der Waals surface area contributed by atoms with Gasteiger partial charge in [0.05, 0.1) is 6.04 Å². The summed E-state index contributed by atoms with van der Waals surface area (Å²) in [5, 5.41) is 0. The molecule has 0 bridgehead atoms. The molecular weight excluding hydrogens is 200 g/mol. The molecule has 1 amide bonds. The van der Waals surface area contributed by atoms with E-state index in [-0.39, 0.29) is 11.9 Å². The van der Waals surface area contributed by atoms with Gasteiger partial charge >= 0.3 is 0 Å². The molecule has 0 aromatic heterocycles. The van der Waals surface area contributed by atoms with E-state index < -0.39 is 0 Å². The zero-order valence-corrected chi connectivity index (χ0v) is 9.81. The number of nitrogens with zero attached hydrogens (tertiary/aromatic N) is 1. The van der Waals surface area contributed by atoms with Gasteiger partial charge in [0.25, 0.3) is 0 Å². The third kappa shape index (κ3) is 1.95. The second-order valence-corrected chi connectivity index (χ2v) is 4.61. The Morgan fingerprint density at radius 1 is 1.50 bits per heavy atom. The number of carbonyl (C=O) groups excluding carboxylic acids is 1. The van der Waals surface area contributed by atoms with Gasteiger partial charge in [0, 0.05) is 13.1 Å². The molecule has 0 saturated heterocycles. The van der Waals surface area contributed by atoms with Crippen molar-refractivity contribution in [3.05, 3.63) is 35.4 Å². The van der Waals surface area contributed by atoms with Crippen molar-refractivity contribution in [2.24, 2.45) is 5.73 Å². The Morgan fingerprint density at radius 3 is 2.88 bits per heavy atom. The first-order valence-electron chi connectivity index (χ1n) is 5.70. The van der Waals surface area contributed by atoms with Crippen molar-refractivity contribution in [3.63, 3.8) is 0 Å². The van der Waals surface area contributed by atoms with E-state index in [1.807, 2.05) is 13.0 Å². The summed E-state index contributed by atoms with van der Waals surface area (Å²) in [7, 11) is 0. The van der Waals surface area contributed by atoms with Crippen LogP contribution in [0.4, 0.5) is 0 Å². The lowest BCUT2D eigenvalue weighted by Gasteiger charge is -2.35. The summed E-state index contributed by atoms with van der Waals surface area (Å²) in [4.78, 5) is 13.3. The first-order valence-corrected chi connectivity index (χ1v) is 5.70.